The number of hydrogen-bond donors (Lipinski definition) is 0. The van der Waals surface area contributed by atoms with Crippen molar-refractivity contribution in [3.63, 3.8) is 0 Å². The van der Waals surface area contributed by atoms with Gasteiger partial charge in [0, 0.05) is 36.0 Å². The average Bonchev–Trinajstić information content (AvgIpc) is 2.70. The molecule has 2 aliphatic heterocycles. The van der Waals surface area contributed by atoms with Crippen molar-refractivity contribution >= 4 is 22.8 Å². The van der Waals surface area contributed by atoms with Gasteiger partial charge in [0.1, 0.15) is 11.7 Å². The van der Waals surface area contributed by atoms with Crippen molar-refractivity contribution in [3.8, 4) is 0 Å². The van der Waals surface area contributed by atoms with E-state index in [1.165, 1.54) is 0 Å². The van der Waals surface area contributed by atoms with E-state index in [9.17, 15) is 0 Å². The van der Waals surface area contributed by atoms with Crippen molar-refractivity contribution in [2.45, 2.75) is 26.2 Å². The molecule has 0 bridgehead atoms. The molecule has 2 aliphatic rings. The molecule has 0 radical (unpaired) electrons. The highest BCUT2D eigenvalue weighted by molar-refractivity contribution is 6.07. The minimum absolute atomic E-state index is 0.920. The quantitative estimate of drug-likeness (QED) is 0.671. The number of para-hydroxylation sites is 2. The molecule has 4 rings (SSSR count). The highest BCUT2D eigenvalue weighted by atomic mass is 15.3. The third-order valence-corrected chi connectivity index (χ3v) is 5.25. The van der Waals surface area contributed by atoms with Crippen LogP contribution in [0.2, 0.25) is 0 Å². The molecule has 2 heterocycles. The normalized spacial score (nSPS) is 16.3. The van der Waals surface area contributed by atoms with Gasteiger partial charge in [0.05, 0.1) is 5.70 Å². The van der Waals surface area contributed by atoms with Gasteiger partial charge >= 0.3 is 0 Å². The zero-order valence-electron chi connectivity index (χ0n) is 16.1. The van der Waals surface area contributed by atoms with Crippen molar-refractivity contribution < 1.29 is 0 Å². The zero-order valence-corrected chi connectivity index (χ0v) is 16.1. The number of anilines is 2. The maximum absolute atomic E-state index is 5.11. The van der Waals surface area contributed by atoms with Gasteiger partial charge in [-0.2, -0.15) is 0 Å². The van der Waals surface area contributed by atoms with Gasteiger partial charge in [-0.15, -0.1) is 0 Å². The Labute approximate surface area is 161 Å². The third kappa shape index (κ3) is 2.80. The first-order chi connectivity index (χ1) is 13.1. The van der Waals surface area contributed by atoms with Crippen molar-refractivity contribution in [3.05, 3.63) is 90.4 Å². The van der Waals surface area contributed by atoms with Crippen LogP contribution >= 0.6 is 0 Å². The van der Waals surface area contributed by atoms with Crippen molar-refractivity contribution in [2.24, 2.45) is 4.99 Å². The minimum atomic E-state index is 0.920. The maximum Gasteiger partial charge on any atom is 0.144 e. The van der Waals surface area contributed by atoms with Gasteiger partial charge in [0.2, 0.25) is 0 Å². The smallest absolute Gasteiger partial charge is 0.144 e. The van der Waals surface area contributed by atoms with Crippen LogP contribution in [0.5, 0.6) is 0 Å². The Bertz CT molecular complexity index is 966. The standard InChI is InChI=1S/C24H25N3/c1-5-6-16-22-25-24-23(18(3)27(22)19-12-8-7-9-13-19)17(2)20-14-10-11-15-21(20)26(24)4/h7-15H,2-3,5-6,16H2,1,4H3. The molecule has 0 fully saturated rings. The summed E-state index contributed by atoms with van der Waals surface area (Å²) in [5.74, 6) is 1.99. The molecular formula is C24H25N3. The number of benzene rings is 2. The molecule has 0 unspecified atom stereocenters. The number of unbranched alkanes of at least 4 members (excludes halogenated alkanes) is 1. The molecular weight excluding hydrogens is 330 g/mol. The van der Waals surface area contributed by atoms with E-state index in [0.29, 0.717) is 0 Å². The topological polar surface area (TPSA) is 18.8 Å². The van der Waals surface area contributed by atoms with Crippen LogP contribution in [0.15, 0.2) is 89.8 Å². The number of hydrogen-bond acceptors (Lipinski definition) is 3. The molecule has 0 amide bonds. The summed E-state index contributed by atoms with van der Waals surface area (Å²) in [7, 11) is 2.08. The predicted molar refractivity (Wildman–Crippen MR) is 116 cm³/mol. The van der Waals surface area contributed by atoms with Crippen molar-refractivity contribution in [2.75, 3.05) is 16.8 Å². The summed E-state index contributed by atoms with van der Waals surface area (Å²) in [4.78, 5) is 9.47. The van der Waals surface area contributed by atoms with Gasteiger partial charge in [0.15, 0.2) is 0 Å². The lowest BCUT2D eigenvalue weighted by Crippen LogP contribution is -2.38. The van der Waals surface area contributed by atoms with Gasteiger partial charge in [-0.3, -0.25) is 4.90 Å². The highest BCUT2D eigenvalue weighted by Crippen LogP contribution is 2.45. The Balaban J connectivity index is 1.87. The molecule has 0 saturated heterocycles. The van der Waals surface area contributed by atoms with Crippen molar-refractivity contribution in [1.29, 1.82) is 0 Å². The van der Waals surface area contributed by atoms with E-state index < -0.39 is 0 Å². The van der Waals surface area contributed by atoms with Gasteiger partial charge in [-0.25, -0.2) is 4.99 Å². The SMILES string of the molecule is C=C1C2=C(N=C(CCCC)N(c3ccccc3)C2=C)N(C)c2ccccc21. The van der Waals surface area contributed by atoms with Gasteiger partial charge in [0.25, 0.3) is 0 Å². The van der Waals surface area contributed by atoms with E-state index in [1.54, 1.807) is 0 Å². The number of allylic oxidation sites excluding steroid dienone is 1. The van der Waals surface area contributed by atoms with E-state index in [0.717, 1.165) is 64.7 Å². The van der Waals surface area contributed by atoms with Crippen LogP contribution in [0.25, 0.3) is 5.57 Å². The summed E-state index contributed by atoms with van der Waals surface area (Å²) in [6.45, 7) is 11.1. The number of fused-ring (bicyclic) bond motifs is 1. The molecule has 2 aromatic carbocycles. The number of nitrogens with zero attached hydrogens (tertiary/aromatic N) is 3. The monoisotopic (exact) mass is 355 g/mol. The van der Waals surface area contributed by atoms with Crippen molar-refractivity contribution in [1.82, 2.24) is 0 Å². The lowest BCUT2D eigenvalue weighted by molar-refractivity contribution is 0.819. The van der Waals surface area contributed by atoms with Crippen LogP contribution in [0, 0.1) is 0 Å². The van der Waals surface area contributed by atoms with E-state index in [2.05, 4.69) is 85.5 Å². The second-order valence-electron chi connectivity index (χ2n) is 7.00. The Kier molecular flexibility index (Phi) is 4.44. The Morgan fingerprint density at radius 1 is 0.963 bits per heavy atom. The predicted octanol–water partition coefficient (Wildman–Crippen LogP) is 5.98. The number of aliphatic imine (C=N–C) groups is 1. The molecule has 0 spiro atoms. The molecule has 3 heteroatoms. The molecule has 0 N–H and O–H groups in total. The van der Waals surface area contributed by atoms with Gasteiger partial charge in [-0.05, 0) is 30.2 Å². The zero-order chi connectivity index (χ0) is 19.0. The van der Waals surface area contributed by atoms with E-state index in [4.69, 9.17) is 4.99 Å². The second-order valence-corrected chi connectivity index (χ2v) is 7.00. The first-order valence-electron chi connectivity index (χ1n) is 9.52. The molecule has 136 valence electrons. The largest absolute Gasteiger partial charge is 0.328 e. The molecule has 2 aromatic rings. The average molecular weight is 355 g/mol. The number of amidine groups is 1. The fourth-order valence-corrected chi connectivity index (χ4v) is 3.83. The molecule has 0 aromatic heterocycles. The van der Waals surface area contributed by atoms with Crippen LogP contribution in [0.4, 0.5) is 11.4 Å². The van der Waals surface area contributed by atoms with Gasteiger partial charge < -0.3 is 4.90 Å². The van der Waals surface area contributed by atoms with Gasteiger partial charge in [-0.1, -0.05) is 62.9 Å². The lowest BCUT2D eigenvalue weighted by Gasteiger charge is -2.40. The van der Waals surface area contributed by atoms with Crippen LogP contribution in [0.1, 0.15) is 31.7 Å². The first-order valence-corrected chi connectivity index (χ1v) is 9.52. The molecule has 0 saturated carbocycles. The van der Waals surface area contributed by atoms with Crippen LogP contribution < -0.4 is 9.80 Å². The number of rotatable bonds is 4. The molecule has 27 heavy (non-hydrogen) atoms. The minimum Gasteiger partial charge on any atom is -0.328 e. The third-order valence-electron chi connectivity index (χ3n) is 5.25. The van der Waals surface area contributed by atoms with E-state index in [-0.39, 0.29) is 0 Å². The Morgan fingerprint density at radius 3 is 2.41 bits per heavy atom. The summed E-state index contributed by atoms with van der Waals surface area (Å²) in [6.07, 6.45) is 3.15. The summed E-state index contributed by atoms with van der Waals surface area (Å²) in [5.41, 5.74) is 6.34. The van der Waals surface area contributed by atoms with E-state index in [1.807, 2.05) is 6.07 Å². The summed E-state index contributed by atoms with van der Waals surface area (Å²) in [5, 5.41) is 0. The second kappa shape index (κ2) is 6.92. The van der Waals surface area contributed by atoms with Crippen LogP contribution in [-0.4, -0.2) is 12.9 Å². The maximum atomic E-state index is 5.11. The van der Waals surface area contributed by atoms with Crippen LogP contribution in [-0.2, 0) is 0 Å². The lowest BCUT2D eigenvalue weighted by atomic mass is 9.90. The fourth-order valence-electron chi connectivity index (χ4n) is 3.83. The van der Waals surface area contributed by atoms with E-state index >= 15 is 0 Å². The Morgan fingerprint density at radius 2 is 1.67 bits per heavy atom. The van der Waals surface area contributed by atoms with Crippen LogP contribution in [0.3, 0.4) is 0 Å². The molecule has 3 nitrogen and oxygen atoms in total. The summed E-state index contributed by atoms with van der Waals surface area (Å²) >= 11 is 0. The summed E-state index contributed by atoms with van der Waals surface area (Å²) in [6, 6.07) is 18.7. The fraction of sp³-hybridized carbons (Fsp3) is 0.208. The summed E-state index contributed by atoms with van der Waals surface area (Å²) < 4.78 is 0. The molecule has 0 atom stereocenters. The first kappa shape index (κ1) is 17.3. The molecule has 0 aliphatic carbocycles. The highest BCUT2D eigenvalue weighted by Gasteiger charge is 2.34. The Hall–Kier alpha value is -3.07.